The number of halogens is 1. The minimum absolute atomic E-state index is 0.347. The molecule has 1 aromatic rings. The third-order valence-corrected chi connectivity index (χ3v) is 2.95. The zero-order valence-electron chi connectivity index (χ0n) is 9.29. The largest absolute Gasteiger partial charge is 0.276 e. The van der Waals surface area contributed by atoms with Gasteiger partial charge in [-0.3, -0.25) is 4.79 Å². The molecule has 0 aliphatic heterocycles. The van der Waals surface area contributed by atoms with Crippen molar-refractivity contribution in [1.82, 2.24) is 0 Å². The zero-order chi connectivity index (χ0) is 11.3. The van der Waals surface area contributed by atoms with Gasteiger partial charge in [-0.25, -0.2) is 0 Å². The Labute approximate surface area is 96.5 Å². The SMILES string of the molecule is CCCC(CC)c1ccccc1C(=O)Cl. The molecule has 0 aliphatic rings. The Morgan fingerprint density at radius 3 is 2.53 bits per heavy atom. The molecule has 15 heavy (non-hydrogen) atoms. The molecule has 0 saturated heterocycles. The van der Waals surface area contributed by atoms with Crippen molar-refractivity contribution in [2.45, 2.75) is 39.0 Å². The Hall–Kier alpha value is -0.820. The van der Waals surface area contributed by atoms with Gasteiger partial charge in [0, 0.05) is 5.56 Å². The van der Waals surface area contributed by atoms with Crippen molar-refractivity contribution in [1.29, 1.82) is 0 Å². The lowest BCUT2D eigenvalue weighted by molar-refractivity contribution is 0.108. The van der Waals surface area contributed by atoms with Crippen LogP contribution in [0.25, 0.3) is 0 Å². The van der Waals surface area contributed by atoms with Crippen LogP contribution in [0, 0.1) is 0 Å². The fourth-order valence-electron chi connectivity index (χ4n) is 1.96. The van der Waals surface area contributed by atoms with Gasteiger partial charge in [0.05, 0.1) is 0 Å². The third kappa shape index (κ3) is 3.07. The number of carbonyl (C=O) groups excluding carboxylic acids is 1. The van der Waals surface area contributed by atoms with E-state index in [1.165, 1.54) is 0 Å². The van der Waals surface area contributed by atoms with Crippen LogP contribution < -0.4 is 0 Å². The predicted octanol–water partition coefficient (Wildman–Crippen LogP) is 4.36. The molecule has 1 rings (SSSR count). The van der Waals surface area contributed by atoms with E-state index in [-0.39, 0.29) is 5.24 Å². The van der Waals surface area contributed by atoms with E-state index in [9.17, 15) is 4.79 Å². The molecule has 0 heterocycles. The maximum atomic E-state index is 11.3. The molecule has 1 unspecified atom stereocenters. The predicted molar refractivity (Wildman–Crippen MR) is 64.6 cm³/mol. The van der Waals surface area contributed by atoms with Crippen molar-refractivity contribution in [3.8, 4) is 0 Å². The fourth-order valence-corrected chi connectivity index (χ4v) is 2.13. The van der Waals surface area contributed by atoms with Crippen molar-refractivity contribution in [3.05, 3.63) is 35.4 Å². The number of benzene rings is 1. The van der Waals surface area contributed by atoms with Crippen LogP contribution >= 0.6 is 11.6 Å². The lowest BCUT2D eigenvalue weighted by atomic mass is 9.89. The van der Waals surface area contributed by atoms with E-state index in [0.717, 1.165) is 24.8 Å². The number of rotatable bonds is 5. The summed E-state index contributed by atoms with van der Waals surface area (Å²) in [5.74, 6) is 0.453. The molecule has 2 heteroatoms. The van der Waals surface area contributed by atoms with Crippen LogP contribution in [0.4, 0.5) is 0 Å². The van der Waals surface area contributed by atoms with Gasteiger partial charge in [-0.15, -0.1) is 0 Å². The number of hydrogen-bond acceptors (Lipinski definition) is 1. The minimum Gasteiger partial charge on any atom is -0.276 e. The molecule has 1 aromatic carbocycles. The summed E-state index contributed by atoms with van der Waals surface area (Å²) in [5, 5.41) is -0.347. The summed E-state index contributed by atoms with van der Waals surface area (Å²) in [7, 11) is 0. The molecule has 0 radical (unpaired) electrons. The van der Waals surface area contributed by atoms with Gasteiger partial charge in [-0.05, 0) is 42.0 Å². The summed E-state index contributed by atoms with van der Waals surface area (Å²) in [4.78, 5) is 11.3. The highest BCUT2D eigenvalue weighted by Gasteiger charge is 2.15. The minimum atomic E-state index is -0.347. The highest BCUT2D eigenvalue weighted by atomic mass is 35.5. The first kappa shape index (κ1) is 12.3. The van der Waals surface area contributed by atoms with Crippen molar-refractivity contribution < 1.29 is 4.79 Å². The lowest BCUT2D eigenvalue weighted by Crippen LogP contribution is -2.03. The standard InChI is InChI=1S/C13H17ClO/c1-3-7-10(4-2)11-8-5-6-9-12(11)13(14)15/h5-6,8-10H,3-4,7H2,1-2H3. The van der Waals surface area contributed by atoms with Crippen LogP contribution in [0.15, 0.2) is 24.3 Å². The summed E-state index contributed by atoms with van der Waals surface area (Å²) < 4.78 is 0. The molecule has 0 aliphatic carbocycles. The Morgan fingerprint density at radius 1 is 1.33 bits per heavy atom. The van der Waals surface area contributed by atoms with Gasteiger partial charge >= 0.3 is 0 Å². The van der Waals surface area contributed by atoms with Crippen molar-refractivity contribution in [2.24, 2.45) is 0 Å². The molecule has 0 aromatic heterocycles. The number of hydrogen-bond donors (Lipinski definition) is 0. The first-order valence-corrected chi connectivity index (χ1v) is 5.87. The Kier molecular flexibility index (Phi) is 4.83. The van der Waals surface area contributed by atoms with E-state index in [1.54, 1.807) is 0 Å². The quantitative estimate of drug-likeness (QED) is 0.680. The van der Waals surface area contributed by atoms with E-state index in [0.29, 0.717) is 11.5 Å². The Balaban J connectivity index is 3.04. The summed E-state index contributed by atoms with van der Waals surface area (Å²) in [6.07, 6.45) is 3.29. The Morgan fingerprint density at radius 2 is 2.00 bits per heavy atom. The second-order valence-corrected chi connectivity index (χ2v) is 4.10. The second kappa shape index (κ2) is 5.92. The third-order valence-electron chi connectivity index (χ3n) is 2.74. The lowest BCUT2D eigenvalue weighted by Gasteiger charge is -2.16. The van der Waals surface area contributed by atoms with Gasteiger partial charge in [-0.1, -0.05) is 38.5 Å². The zero-order valence-corrected chi connectivity index (χ0v) is 10.1. The van der Waals surface area contributed by atoms with E-state index in [1.807, 2.05) is 24.3 Å². The molecule has 0 fully saturated rings. The van der Waals surface area contributed by atoms with E-state index in [4.69, 9.17) is 11.6 Å². The first-order valence-electron chi connectivity index (χ1n) is 5.49. The molecule has 0 saturated carbocycles. The van der Waals surface area contributed by atoms with E-state index < -0.39 is 0 Å². The van der Waals surface area contributed by atoms with Crippen LogP contribution in [-0.2, 0) is 0 Å². The summed E-state index contributed by atoms with van der Waals surface area (Å²) >= 11 is 5.57. The average molecular weight is 225 g/mol. The Bertz CT molecular complexity index is 333. The van der Waals surface area contributed by atoms with E-state index >= 15 is 0 Å². The van der Waals surface area contributed by atoms with Crippen LogP contribution in [0.1, 0.15) is 54.9 Å². The second-order valence-electron chi connectivity index (χ2n) is 3.75. The van der Waals surface area contributed by atoms with Crippen LogP contribution in [-0.4, -0.2) is 5.24 Å². The van der Waals surface area contributed by atoms with Crippen molar-refractivity contribution in [2.75, 3.05) is 0 Å². The monoisotopic (exact) mass is 224 g/mol. The van der Waals surface area contributed by atoms with Crippen LogP contribution in [0.5, 0.6) is 0 Å². The summed E-state index contributed by atoms with van der Waals surface area (Å²) in [6, 6.07) is 7.65. The molecule has 1 nitrogen and oxygen atoms in total. The topological polar surface area (TPSA) is 17.1 Å². The molecule has 0 amide bonds. The van der Waals surface area contributed by atoms with Gasteiger partial charge in [0.2, 0.25) is 0 Å². The average Bonchev–Trinajstić information content (AvgIpc) is 2.26. The first-order chi connectivity index (χ1) is 7.20. The van der Waals surface area contributed by atoms with Crippen molar-refractivity contribution >= 4 is 16.8 Å². The van der Waals surface area contributed by atoms with Gasteiger partial charge in [0.25, 0.3) is 5.24 Å². The molecule has 1 atom stereocenters. The summed E-state index contributed by atoms with van der Waals surface area (Å²) in [5.41, 5.74) is 1.77. The van der Waals surface area contributed by atoms with Gasteiger partial charge in [-0.2, -0.15) is 0 Å². The normalized spacial score (nSPS) is 12.5. The highest BCUT2D eigenvalue weighted by molar-refractivity contribution is 6.67. The van der Waals surface area contributed by atoms with Crippen LogP contribution in [0.2, 0.25) is 0 Å². The maximum Gasteiger partial charge on any atom is 0.252 e. The fraction of sp³-hybridized carbons (Fsp3) is 0.462. The highest BCUT2D eigenvalue weighted by Crippen LogP contribution is 2.28. The molecular formula is C13H17ClO. The number of carbonyl (C=O) groups is 1. The van der Waals surface area contributed by atoms with Gasteiger partial charge in [0.15, 0.2) is 0 Å². The maximum absolute atomic E-state index is 11.3. The molecule has 0 N–H and O–H groups in total. The van der Waals surface area contributed by atoms with E-state index in [2.05, 4.69) is 13.8 Å². The van der Waals surface area contributed by atoms with Crippen molar-refractivity contribution in [3.63, 3.8) is 0 Å². The molecule has 82 valence electrons. The van der Waals surface area contributed by atoms with Gasteiger partial charge in [0.1, 0.15) is 0 Å². The summed E-state index contributed by atoms with van der Waals surface area (Å²) in [6.45, 7) is 4.31. The van der Waals surface area contributed by atoms with Gasteiger partial charge < -0.3 is 0 Å². The molecule has 0 spiro atoms. The molecular weight excluding hydrogens is 208 g/mol. The van der Waals surface area contributed by atoms with Crippen LogP contribution in [0.3, 0.4) is 0 Å². The smallest absolute Gasteiger partial charge is 0.252 e. The molecule has 0 bridgehead atoms.